The molecule has 0 aliphatic heterocycles. The van der Waals surface area contributed by atoms with Crippen LogP contribution in [0, 0.1) is 0 Å². The molecule has 6 heteroatoms. The molecule has 0 spiro atoms. The van der Waals surface area contributed by atoms with E-state index in [1.165, 1.54) is 12.6 Å². The third-order valence-electron chi connectivity index (χ3n) is 3.82. The molecule has 0 atom stereocenters. The number of methoxy groups -OCH3 is 1. The summed E-state index contributed by atoms with van der Waals surface area (Å²) in [5, 5.41) is 3.29. The maximum absolute atomic E-state index is 11.3. The lowest BCUT2D eigenvalue weighted by atomic mass is 9.76. The second-order valence-electron chi connectivity index (χ2n) is 5.12. The molecule has 1 aromatic rings. The summed E-state index contributed by atoms with van der Waals surface area (Å²) in [4.78, 5) is 0. The molecule has 20 heavy (non-hydrogen) atoms. The normalized spacial score (nSPS) is 22.3. The van der Waals surface area contributed by atoms with Gasteiger partial charge in [0.25, 0.3) is 0 Å². The molecule has 0 amide bonds. The van der Waals surface area contributed by atoms with Crippen molar-refractivity contribution >= 4 is 10.0 Å². The lowest BCUT2D eigenvalue weighted by Gasteiger charge is -2.36. The number of sulfonamides is 1. The summed E-state index contributed by atoms with van der Waals surface area (Å²) in [6.07, 6.45) is 2.10. The minimum atomic E-state index is -3.10. The third kappa shape index (κ3) is 3.94. The number of ether oxygens (including phenoxy) is 1. The SMILES string of the molecule is CNS(=O)(=O)CCNC1CC(c2cccc(OC)c2)C1. The van der Waals surface area contributed by atoms with Crippen LogP contribution < -0.4 is 14.8 Å². The highest BCUT2D eigenvalue weighted by Crippen LogP contribution is 2.37. The molecule has 1 saturated carbocycles. The zero-order valence-electron chi connectivity index (χ0n) is 11.9. The zero-order chi connectivity index (χ0) is 14.6. The Morgan fingerprint density at radius 2 is 2.10 bits per heavy atom. The van der Waals surface area contributed by atoms with Crippen LogP contribution in [0.1, 0.15) is 24.3 Å². The molecule has 2 N–H and O–H groups in total. The van der Waals surface area contributed by atoms with Gasteiger partial charge in [0.05, 0.1) is 12.9 Å². The molecule has 1 aliphatic carbocycles. The molecular formula is C14H22N2O3S. The predicted octanol–water partition coefficient (Wildman–Crippen LogP) is 1.08. The van der Waals surface area contributed by atoms with Crippen molar-refractivity contribution < 1.29 is 13.2 Å². The number of rotatable bonds is 7. The Morgan fingerprint density at radius 1 is 1.35 bits per heavy atom. The van der Waals surface area contributed by atoms with Gasteiger partial charge in [-0.2, -0.15) is 0 Å². The molecule has 1 aliphatic rings. The molecule has 2 rings (SSSR count). The molecular weight excluding hydrogens is 276 g/mol. The van der Waals surface area contributed by atoms with Crippen LogP contribution in [-0.4, -0.2) is 40.9 Å². The summed E-state index contributed by atoms with van der Waals surface area (Å²) in [6.45, 7) is 0.499. The van der Waals surface area contributed by atoms with Gasteiger partial charge < -0.3 is 10.1 Å². The van der Waals surface area contributed by atoms with E-state index in [1.54, 1.807) is 7.11 Å². The summed E-state index contributed by atoms with van der Waals surface area (Å²) in [5.41, 5.74) is 1.30. The summed E-state index contributed by atoms with van der Waals surface area (Å²) in [7, 11) is 0.0120. The summed E-state index contributed by atoms with van der Waals surface area (Å²) in [6, 6.07) is 8.56. The Morgan fingerprint density at radius 3 is 2.75 bits per heavy atom. The molecule has 1 fully saturated rings. The number of nitrogens with one attached hydrogen (secondary N) is 2. The number of benzene rings is 1. The zero-order valence-corrected chi connectivity index (χ0v) is 12.7. The monoisotopic (exact) mass is 298 g/mol. The van der Waals surface area contributed by atoms with Crippen molar-refractivity contribution in [1.82, 2.24) is 10.0 Å². The minimum absolute atomic E-state index is 0.129. The van der Waals surface area contributed by atoms with Crippen LogP contribution in [0.3, 0.4) is 0 Å². The highest BCUT2D eigenvalue weighted by molar-refractivity contribution is 7.89. The Hall–Kier alpha value is -1.11. The van der Waals surface area contributed by atoms with Gasteiger partial charge in [-0.15, -0.1) is 0 Å². The van der Waals surface area contributed by atoms with Crippen LogP contribution in [0.4, 0.5) is 0 Å². The van der Waals surface area contributed by atoms with Gasteiger partial charge in [-0.05, 0) is 43.5 Å². The number of hydrogen-bond acceptors (Lipinski definition) is 4. The van der Waals surface area contributed by atoms with Crippen molar-refractivity contribution in [3.8, 4) is 5.75 Å². The average molecular weight is 298 g/mol. The fraction of sp³-hybridized carbons (Fsp3) is 0.571. The first-order valence-electron chi connectivity index (χ1n) is 6.82. The lowest BCUT2D eigenvalue weighted by Crippen LogP contribution is -2.42. The summed E-state index contributed by atoms with van der Waals surface area (Å²) in [5.74, 6) is 1.56. The summed E-state index contributed by atoms with van der Waals surface area (Å²) >= 11 is 0. The fourth-order valence-corrected chi connectivity index (χ4v) is 3.04. The van der Waals surface area contributed by atoms with E-state index in [0.29, 0.717) is 18.5 Å². The van der Waals surface area contributed by atoms with E-state index in [0.717, 1.165) is 18.6 Å². The van der Waals surface area contributed by atoms with E-state index >= 15 is 0 Å². The second-order valence-corrected chi connectivity index (χ2v) is 7.16. The quantitative estimate of drug-likeness (QED) is 0.790. The Labute approximate surface area is 120 Å². The molecule has 1 aromatic carbocycles. The van der Waals surface area contributed by atoms with E-state index in [4.69, 9.17) is 4.74 Å². The van der Waals surface area contributed by atoms with Crippen molar-refractivity contribution in [3.63, 3.8) is 0 Å². The van der Waals surface area contributed by atoms with Crippen LogP contribution in [-0.2, 0) is 10.0 Å². The largest absolute Gasteiger partial charge is 0.497 e. The molecule has 0 heterocycles. The van der Waals surface area contributed by atoms with E-state index in [2.05, 4.69) is 22.2 Å². The molecule has 0 radical (unpaired) electrons. The van der Waals surface area contributed by atoms with Crippen molar-refractivity contribution in [2.75, 3.05) is 26.5 Å². The highest BCUT2D eigenvalue weighted by atomic mass is 32.2. The van der Waals surface area contributed by atoms with Gasteiger partial charge in [0.2, 0.25) is 10.0 Å². The van der Waals surface area contributed by atoms with Crippen molar-refractivity contribution in [3.05, 3.63) is 29.8 Å². The average Bonchev–Trinajstić information content (AvgIpc) is 2.41. The first kappa shape index (κ1) is 15.3. The molecule has 112 valence electrons. The smallest absolute Gasteiger partial charge is 0.212 e. The predicted molar refractivity (Wildman–Crippen MR) is 79.6 cm³/mol. The lowest BCUT2D eigenvalue weighted by molar-refractivity contribution is 0.295. The summed E-state index contributed by atoms with van der Waals surface area (Å²) < 4.78 is 30.1. The Kier molecular flexibility index (Phi) is 5.01. The maximum atomic E-state index is 11.3. The van der Waals surface area contributed by atoms with Crippen LogP contribution in [0.5, 0.6) is 5.75 Å². The first-order chi connectivity index (χ1) is 9.54. The topological polar surface area (TPSA) is 67.4 Å². The third-order valence-corrected chi connectivity index (χ3v) is 5.18. The van der Waals surface area contributed by atoms with E-state index in [-0.39, 0.29) is 5.75 Å². The highest BCUT2D eigenvalue weighted by Gasteiger charge is 2.30. The Balaban J connectivity index is 1.74. The van der Waals surface area contributed by atoms with Crippen molar-refractivity contribution in [1.29, 1.82) is 0 Å². The van der Waals surface area contributed by atoms with Crippen LogP contribution >= 0.6 is 0 Å². The molecule has 0 saturated heterocycles. The number of hydrogen-bond donors (Lipinski definition) is 2. The van der Waals surface area contributed by atoms with E-state index in [9.17, 15) is 8.42 Å². The molecule has 0 aromatic heterocycles. The van der Waals surface area contributed by atoms with Crippen LogP contribution in [0.15, 0.2) is 24.3 Å². The minimum Gasteiger partial charge on any atom is -0.497 e. The van der Waals surface area contributed by atoms with Gasteiger partial charge in [-0.25, -0.2) is 13.1 Å². The maximum Gasteiger partial charge on any atom is 0.212 e. The van der Waals surface area contributed by atoms with E-state index < -0.39 is 10.0 Å². The molecule has 0 unspecified atom stereocenters. The molecule has 5 nitrogen and oxygen atoms in total. The van der Waals surface area contributed by atoms with Gasteiger partial charge in [0, 0.05) is 12.6 Å². The van der Waals surface area contributed by atoms with Gasteiger partial charge in [0.1, 0.15) is 5.75 Å². The van der Waals surface area contributed by atoms with Crippen LogP contribution in [0.25, 0.3) is 0 Å². The van der Waals surface area contributed by atoms with Crippen molar-refractivity contribution in [2.24, 2.45) is 0 Å². The van der Waals surface area contributed by atoms with E-state index in [1.807, 2.05) is 12.1 Å². The standard InChI is InChI=1S/C14H22N2O3S/c1-15-20(17,18)7-6-16-13-8-12(9-13)11-4-3-5-14(10-11)19-2/h3-5,10,12-13,15-16H,6-9H2,1-2H3. The molecule has 0 bridgehead atoms. The second kappa shape index (κ2) is 6.56. The first-order valence-corrected chi connectivity index (χ1v) is 8.48. The van der Waals surface area contributed by atoms with Gasteiger partial charge >= 0.3 is 0 Å². The van der Waals surface area contributed by atoms with Gasteiger partial charge in [0.15, 0.2) is 0 Å². The van der Waals surface area contributed by atoms with Crippen LogP contribution in [0.2, 0.25) is 0 Å². The van der Waals surface area contributed by atoms with Gasteiger partial charge in [-0.1, -0.05) is 12.1 Å². The fourth-order valence-electron chi connectivity index (χ4n) is 2.45. The van der Waals surface area contributed by atoms with Crippen molar-refractivity contribution in [2.45, 2.75) is 24.8 Å². The van der Waals surface area contributed by atoms with Gasteiger partial charge in [-0.3, -0.25) is 0 Å². The Bertz CT molecular complexity index is 539.